The monoisotopic (exact) mass is 296 g/mol. The Hall–Kier alpha value is -2.88. The molecule has 0 radical (unpaired) electrons. The fourth-order valence-corrected chi connectivity index (χ4v) is 1.75. The van der Waals surface area contributed by atoms with Crippen LogP contribution < -0.4 is 4.74 Å². The molecule has 2 aromatic carbocycles. The summed E-state index contributed by atoms with van der Waals surface area (Å²) in [6, 6.07) is 15.7. The first-order valence-corrected chi connectivity index (χ1v) is 6.91. The van der Waals surface area contributed by atoms with Crippen LogP contribution in [-0.2, 0) is 9.53 Å². The number of hydrogen-bond donors (Lipinski definition) is 0. The lowest BCUT2D eigenvalue weighted by molar-refractivity contribution is -0.128. The van der Waals surface area contributed by atoms with Gasteiger partial charge in [-0.15, -0.1) is 0 Å². The molecule has 2 aromatic rings. The average molecular weight is 296 g/mol. The molecule has 0 aliphatic heterocycles. The zero-order valence-corrected chi connectivity index (χ0v) is 12.2. The molecule has 0 aliphatic rings. The fraction of sp³-hybridized carbons (Fsp3) is 0.111. The average Bonchev–Trinajstić information content (AvgIpc) is 2.55. The van der Waals surface area contributed by atoms with Crippen LogP contribution in [0.4, 0.5) is 0 Å². The third-order valence-electron chi connectivity index (χ3n) is 2.80. The zero-order valence-electron chi connectivity index (χ0n) is 12.2. The molecular weight excluding hydrogens is 280 g/mol. The topological polar surface area (TPSA) is 52.6 Å². The van der Waals surface area contributed by atoms with Crippen molar-refractivity contribution in [1.29, 1.82) is 0 Å². The van der Waals surface area contributed by atoms with Crippen molar-refractivity contribution in [2.45, 2.75) is 6.92 Å². The molecule has 0 aromatic heterocycles. The first-order chi connectivity index (χ1) is 10.7. The zero-order chi connectivity index (χ0) is 15.8. The molecule has 0 bridgehead atoms. The van der Waals surface area contributed by atoms with Gasteiger partial charge in [-0.3, -0.25) is 0 Å². The molecule has 0 aliphatic carbocycles. The van der Waals surface area contributed by atoms with Gasteiger partial charge in [0.1, 0.15) is 5.75 Å². The van der Waals surface area contributed by atoms with Gasteiger partial charge in [0, 0.05) is 6.08 Å². The lowest BCUT2D eigenvalue weighted by Gasteiger charge is -2.04. The molecule has 0 N–H and O–H groups in total. The van der Waals surface area contributed by atoms with Gasteiger partial charge in [-0.05, 0) is 42.8 Å². The highest BCUT2D eigenvalue weighted by Crippen LogP contribution is 2.13. The number of benzene rings is 2. The summed E-state index contributed by atoms with van der Waals surface area (Å²) < 4.78 is 10.0. The number of esters is 2. The lowest BCUT2D eigenvalue weighted by Crippen LogP contribution is -2.06. The van der Waals surface area contributed by atoms with Crippen LogP contribution in [0.2, 0.25) is 0 Å². The van der Waals surface area contributed by atoms with Gasteiger partial charge in [-0.25, -0.2) is 9.59 Å². The van der Waals surface area contributed by atoms with Gasteiger partial charge in [-0.1, -0.05) is 30.3 Å². The van der Waals surface area contributed by atoms with Crippen molar-refractivity contribution in [2.75, 3.05) is 6.61 Å². The van der Waals surface area contributed by atoms with Gasteiger partial charge in [0.15, 0.2) is 0 Å². The molecule has 0 heterocycles. The summed E-state index contributed by atoms with van der Waals surface area (Å²) in [4.78, 5) is 23.2. The normalized spacial score (nSPS) is 10.4. The minimum atomic E-state index is -0.479. The SMILES string of the molecule is CCOC(=O)c1ccc(OC(=O)C=Cc2ccccc2)cc1. The third kappa shape index (κ3) is 4.59. The van der Waals surface area contributed by atoms with Crippen LogP contribution in [0.5, 0.6) is 5.75 Å². The molecular formula is C18H16O4. The number of ether oxygens (including phenoxy) is 2. The second-order valence-electron chi connectivity index (χ2n) is 4.41. The van der Waals surface area contributed by atoms with Crippen molar-refractivity contribution in [2.24, 2.45) is 0 Å². The maximum atomic E-state index is 11.7. The van der Waals surface area contributed by atoms with Crippen LogP contribution in [0.1, 0.15) is 22.8 Å². The highest BCUT2D eigenvalue weighted by molar-refractivity contribution is 5.90. The molecule has 112 valence electrons. The maximum Gasteiger partial charge on any atom is 0.338 e. The van der Waals surface area contributed by atoms with E-state index in [4.69, 9.17) is 9.47 Å². The molecule has 0 unspecified atom stereocenters. The van der Waals surface area contributed by atoms with E-state index in [0.29, 0.717) is 17.9 Å². The standard InChI is InChI=1S/C18H16O4/c1-2-21-18(20)15-9-11-16(12-10-15)22-17(19)13-8-14-6-4-3-5-7-14/h3-13H,2H2,1H3. The third-order valence-corrected chi connectivity index (χ3v) is 2.80. The van der Waals surface area contributed by atoms with E-state index < -0.39 is 11.9 Å². The fourth-order valence-electron chi connectivity index (χ4n) is 1.75. The molecule has 4 nitrogen and oxygen atoms in total. The molecule has 22 heavy (non-hydrogen) atoms. The summed E-state index contributed by atoms with van der Waals surface area (Å²) in [5.74, 6) is -0.507. The predicted molar refractivity (Wildman–Crippen MR) is 83.5 cm³/mol. The number of hydrogen-bond acceptors (Lipinski definition) is 4. The van der Waals surface area contributed by atoms with Crippen LogP contribution in [0.3, 0.4) is 0 Å². The molecule has 2 rings (SSSR count). The quantitative estimate of drug-likeness (QED) is 0.481. The van der Waals surface area contributed by atoms with E-state index >= 15 is 0 Å². The first kappa shape index (κ1) is 15.5. The highest BCUT2D eigenvalue weighted by Gasteiger charge is 2.07. The Morgan fingerprint density at radius 3 is 2.32 bits per heavy atom. The molecule has 4 heteroatoms. The Bertz CT molecular complexity index is 657. The van der Waals surface area contributed by atoms with Gasteiger partial charge < -0.3 is 9.47 Å². The van der Waals surface area contributed by atoms with E-state index in [2.05, 4.69) is 0 Å². The van der Waals surface area contributed by atoms with E-state index in [-0.39, 0.29) is 0 Å². The molecule has 0 atom stereocenters. The Labute approximate surface area is 129 Å². The second-order valence-corrected chi connectivity index (χ2v) is 4.41. The molecule has 0 fully saturated rings. The Morgan fingerprint density at radius 2 is 1.68 bits per heavy atom. The number of rotatable bonds is 5. The summed E-state index contributed by atoms with van der Waals surface area (Å²) in [7, 11) is 0. The Balaban J connectivity index is 1.94. The van der Waals surface area contributed by atoms with E-state index in [1.54, 1.807) is 37.3 Å². The Kier molecular flexibility index (Phi) is 5.49. The van der Waals surface area contributed by atoms with Crippen LogP contribution in [-0.4, -0.2) is 18.5 Å². The van der Waals surface area contributed by atoms with Crippen molar-refractivity contribution >= 4 is 18.0 Å². The van der Waals surface area contributed by atoms with Crippen LogP contribution in [0.15, 0.2) is 60.7 Å². The minimum Gasteiger partial charge on any atom is -0.462 e. The maximum absolute atomic E-state index is 11.7. The summed E-state index contributed by atoms with van der Waals surface area (Å²) in [6.45, 7) is 2.06. The summed E-state index contributed by atoms with van der Waals surface area (Å²) in [5, 5.41) is 0. The largest absolute Gasteiger partial charge is 0.462 e. The van der Waals surface area contributed by atoms with Gasteiger partial charge in [0.25, 0.3) is 0 Å². The van der Waals surface area contributed by atoms with Crippen LogP contribution >= 0.6 is 0 Å². The number of carbonyl (C=O) groups excluding carboxylic acids is 2. The van der Waals surface area contributed by atoms with Crippen molar-refractivity contribution in [3.8, 4) is 5.75 Å². The van der Waals surface area contributed by atoms with Crippen molar-refractivity contribution in [3.63, 3.8) is 0 Å². The molecule has 0 amide bonds. The lowest BCUT2D eigenvalue weighted by atomic mass is 10.2. The highest BCUT2D eigenvalue weighted by atomic mass is 16.5. The van der Waals surface area contributed by atoms with Crippen molar-refractivity contribution < 1.29 is 19.1 Å². The summed E-state index contributed by atoms with van der Waals surface area (Å²) in [6.07, 6.45) is 3.03. The smallest absolute Gasteiger partial charge is 0.338 e. The minimum absolute atomic E-state index is 0.319. The van der Waals surface area contributed by atoms with E-state index in [9.17, 15) is 9.59 Å². The molecule has 0 spiro atoms. The van der Waals surface area contributed by atoms with Crippen molar-refractivity contribution in [1.82, 2.24) is 0 Å². The van der Waals surface area contributed by atoms with Crippen LogP contribution in [0.25, 0.3) is 6.08 Å². The van der Waals surface area contributed by atoms with E-state index in [1.807, 2.05) is 30.3 Å². The van der Waals surface area contributed by atoms with E-state index in [1.165, 1.54) is 6.08 Å². The predicted octanol–water partition coefficient (Wildman–Crippen LogP) is 3.48. The van der Waals surface area contributed by atoms with Crippen molar-refractivity contribution in [3.05, 3.63) is 71.8 Å². The molecule has 0 saturated carbocycles. The second kappa shape index (κ2) is 7.78. The van der Waals surface area contributed by atoms with Gasteiger partial charge in [0.05, 0.1) is 12.2 Å². The Morgan fingerprint density at radius 1 is 1.00 bits per heavy atom. The van der Waals surface area contributed by atoms with E-state index in [0.717, 1.165) is 5.56 Å². The van der Waals surface area contributed by atoms with Gasteiger partial charge in [-0.2, -0.15) is 0 Å². The van der Waals surface area contributed by atoms with Crippen LogP contribution in [0, 0.1) is 0 Å². The molecule has 0 saturated heterocycles. The number of carbonyl (C=O) groups is 2. The summed E-state index contributed by atoms with van der Waals surface area (Å²) >= 11 is 0. The first-order valence-electron chi connectivity index (χ1n) is 6.91. The van der Waals surface area contributed by atoms with Gasteiger partial charge in [0.2, 0.25) is 0 Å². The summed E-state index contributed by atoms with van der Waals surface area (Å²) in [5.41, 5.74) is 1.33. The van der Waals surface area contributed by atoms with Gasteiger partial charge >= 0.3 is 11.9 Å².